The van der Waals surface area contributed by atoms with Crippen LogP contribution in [-0.4, -0.2) is 40.8 Å². The van der Waals surface area contributed by atoms with Crippen LogP contribution in [0.15, 0.2) is 29.1 Å². The summed E-state index contributed by atoms with van der Waals surface area (Å²) in [6.45, 7) is 3.31. The molecule has 28 heavy (non-hydrogen) atoms. The molecule has 2 N–H and O–H groups in total. The molecule has 6 nitrogen and oxygen atoms in total. The van der Waals surface area contributed by atoms with Gasteiger partial charge in [0, 0.05) is 36.5 Å². The van der Waals surface area contributed by atoms with Gasteiger partial charge in [-0.2, -0.15) is 0 Å². The number of nitrogens with one attached hydrogen (secondary N) is 2. The minimum absolute atomic E-state index is 0.113. The van der Waals surface area contributed by atoms with Crippen molar-refractivity contribution in [2.45, 2.75) is 51.5 Å². The van der Waals surface area contributed by atoms with Gasteiger partial charge in [-0.15, -0.1) is 0 Å². The van der Waals surface area contributed by atoms with Gasteiger partial charge in [-0.25, -0.2) is 0 Å². The Bertz CT molecular complexity index is 959. The Morgan fingerprint density at radius 2 is 1.96 bits per heavy atom. The topological polar surface area (TPSA) is 82.3 Å². The van der Waals surface area contributed by atoms with E-state index >= 15 is 0 Å². The Kier molecular flexibility index (Phi) is 5.20. The average molecular weight is 381 g/mol. The zero-order valence-electron chi connectivity index (χ0n) is 16.3. The van der Waals surface area contributed by atoms with E-state index in [1.54, 1.807) is 0 Å². The SMILES string of the molecule is Cc1ccc2[nH]c(=O)cc(C(=O)NC3CC(=O)N(CC4CCCCC4)C3)c2c1. The molecule has 1 saturated carbocycles. The number of hydrogen-bond donors (Lipinski definition) is 2. The molecule has 2 amide bonds. The zero-order chi connectivity index (χ0) is 19.7. The summed E-state index contributed by atoms with van der Waals surface area (Å²) in [4.78, 5) is 41.9. The molecule has 0 radical (unpaired) electrons. The smallest absolute Gasteiger partial charge is 0.252 e. The first-order chi connectivity index (χ1) is 13.5. The first kappa shape index (κ1) is 18.7. The fraction of sp³-hybridized carbons (Fsp3) is 0.500. The monoisotopic (exact) mass is 381 g/mol. The maximum Gasteiger partial charge on any atom is 0.252 e. The molecule has 1 aliphatic carbocycles. The van der Waals surface area contributed by atoms with Gasteiger partial charge >= 0.3 is 0 Å². The molecule has 1 saturated heterocycles. The number of H-pyrrole nitrogens is 1. The summed E-state index contributed by atoms with van der Waals surface area (Å²) >= 11 is 0. The molecule has 6 heteroatoms. The molecular weight excluding hydrogens is 354 g/mol. The molecule has 2 aromatic rings. The van der Waals surface area contributed by atoms with Gasteiger partial charge in [-0.1, -0.05) is 30.9 Å². The van der Waals surface area contributed by atoms with Crippen molar-refractivity contribution in [2.75, 3.05) is 13.1 Å². The number of pyridine rings is 1. The van der Waals surface area contributed by atoms with E-state index in [1.165, 1.54) is 38.2 Å². The van der Waals surface area contributed by atoms with Gasteiger partial charge in [0.05, 0.1) is 11.6 Å². The number of aromatic amines is 1. The highest BCUT2D eigenvalue weighted by Crippen LogP contribution is 2.26. The number of likely N-dealkylation sites (tertiary alicyclic amines) is 1. The van der Waals surface area contributed by atoms with Crippen molar-refractivity contribution in [1.29, 1.82) is 0 Å². The van der Waals surface area contributed by atoms with Gasteiger partial charge in [-0.3, -0.25) is 14.4 Å². The Labute approximate surface area is 164 Å². The van der Waals surface area contributed by atoms with E-state index in [1.807, 2.05) is 30.0 Å². The van der Waals surface area contributed by atoms with Crippen LogP contribution in [0.25, 0.3) is 10.9 Å². The predicted octanol–water partition coefficient (Wildman–Crippen LogP) is 2.75. The van der Waals surface area contributed by atoms with Gasteiger partial charge in [0.2, 0.25) is 11.5 Å². The van der Waals surface area contributed by atoms with Crippen LogP contribution in [0.2, 0.25) is 0 Å². The predicted molar refractivity (Wildman–Crippen MR) is 108 cm³/mol. The molecule has 2 heterocycles. The number of rotatable bonds is 4. The summed E-state index contributed by atoms with van der Waals surface area (Å²) in [6.07, 6.45) is 6.52. The van der Waals surface area contributed by atoms with E-state index in [4.69, 9.17) is 0 Å². The molecule has 0 bridgehead atoms. The number of fused-ring (bicyclic) bond motifs is 1. The van der Waals surface area contributed by atoms with Crippen LogP contribution in [0.4, 0.5) is 0 Å². The Balaban J connectivity index is 1.47. The first-order valence-corrected chi connectivity index (χ1v) is 10.2. The second kappa shape index (κ2) is 7.78. The van der Waals surface area contributed by atoms with E-state index in [0.717, 1.165) is 17.5 Å². The molecule has 0 spiro atoms. The van der Waals surface area contributed by atoms with Crippen molar-refractivity contribution < 1.29 is 9.59 Å². The third kappa shape index (κ3) is 3.96. The van der Waals surface area contributed by atoms with Crippen molar-refractivity contribution in [3.8, 4) is 0 Å². The summed E-state index contributed by atoms with van der Waals surface area (Å²) in [5.74, 6) is 0.410. The second-order valence-corrected chi connectivity index (χ2v) is 8.27. The maximum atomic E-state index is 12.9. The van der Waals surface area contributed by atoms with Crippen molar-refractivity contribution in [2.24, 2.45) is 5.92 Å². The molecule has 2 fully saturated rings. The number of benzene rings is 1. The van der Waals surface area contributed by atoms with Crippen molar-refractivity contribution in [1.82, 2.24) is 15.2 Å². The fourth-order valence-corrected chi connectivity index (χ4v) is 4.55. The number of carbonyl (C=O) groups is 2. The van der Waals surface area contributed by atoms with E-state index in [0.29, 0.717) is 30.0 Å². The zero-order valence-corrected chi connectivity index (χ0v) is 16.3. The largest absolute Gasteiger partial charge is 0.347 e. The third-order valence-electron chi connectivity index (χ3n) is 6.00. The van der Waals surface area contributed by atoms with Crippen LogP contribution in [0.3, 0.4) is 0 Å². The summed E-state index contributed by atoms with van der Waals surface area (Å²) in [7, 11) is 0. The van der Waals surface area contributed by atoms with Crippen LogP contribution < -0.4 is 10.9 Å². The van der Waals surface area contributed by atoms with Gasteiger partial charge in [0.15, 0.2) is 0 Å². The van der Waals surface area contributed by atoms with Gasteiger partial charge < -0.3 is 15.2 Å². The highest BCUT2D eigenvalue weighted by atomic mass is 16.2. The van der Waals surface area contributed by atoms with Crippen LogP contribution in [0, 0.1) is 12.8 Å². The Morgan fingerprint density at radius 3 is 2.75 bits per heavy atom. The summed E-state index contributed by atoms with van der Waals surface area (Å²) in [6, 6.07) is 6.75. The van der Waals surface area contributed by atoms with Crippen LogP contribution in [-0.2, 0) is 4.79 Å². The lowest BCUT2D eigenvalue weighted by molar-refractivity contribution is -0.128. The van der Waals surface area contributed by atoms with Crippen LogP contribution in [0.1, 0.15) is 54.4 Å². The van der Waals surface area contributed by atoms with Crippen molar-refractivity contribution in [3.05, 3.63) is 45.7 Å². The number of carbonyl (C=O) groups excluding carboxylic acids is 2. The summed E-state index contributed by atoms with van der Waals surface area (Å²) in [5.41, 5.74) is 1.72. The third-order valence-corrected chi connectivity index (χ3v) is 6.00. The number of amides is 2. The number of aromatic nitrogens is 1. The summed E-state index contributed by atoms with van der Waals surface area (Å²) < 4.78 is 0. The minimum atomic E-state index is -0.303. The molecule has 1 unspecified atom stereocenters. The number of aryl methyl sites for hydroxylation is 1. The number of hydrogen-bond acceptors (Lipinski definition) is 3. The average Bonchev–Trinajstić information content (AvgIpc) is 3.01. The van der Waals surface area contributed by atoms with E-state index in [-0.39, 0.29) is 23.4 Å². The molecule has 1 aromatic heterocycles. The first-order valence-electron chi connectivity index (χ1n) is 10.2. The molecule has 4 rings (SSSR count). The van der Waals surface area contributed by atoms with Gasteiger partial charge in [-0.05, 0) is 37.8 Å². The molecule has 1 aliphatic heterocycles. The quantitative estimate of drug-likeness (QED) is 0.854. The lowest BCUT2D eigenvalue weighted by Crippen LogP contribution is -2.38. The van der Waals surface area contributed by atoms with Gasteiger partial charge in [0.25, 0.3) is 5.91 Å². The molecule has 148 valence electrons. The molecule has 1 atom stereocenters. The van der Waals surface area contributed by atoms with Crippen LogP contribution >= 0.6 is 0 Å². The standard InChI is InChI=1S/C22H27N3O3/c1-14-7-8-19-17(9-14)18(11-20(26)24-19)22(28)23-16-10-21(27)25(13-16)12-15-5-3-2-4-6-15/h7-9,11,15-16H,2-6,10,12-13H2,1H3,(H,23,28)(H,24,26). The molecular formula is C22H27N3O3. The van der Waals surface area contributed by atoms with Gasteiger partial charge in [0.1, 0.15) is 0 Å². The Hall–Kier alpha value is -2.63. The van der Waals surface area contributed by atoms with Crippen molar-refractivity contribution in [3.63, 3.8) is 0 Å². The highest BCUT2D eigenvalue weighted by molar-refractivity contribution is 6.06. The second-order valence-electron chi connectivity index (χ2n) is 8.27. The summed E-state index contributed by atoms with van der Waals surface area (Å²) in [5, 5.41) is 3.70. The fourth-order valence-electron chi connectivity index (χ4n) is 4.55. The normalized spacial score (nSPS) is 20.7. The van der Waals surface area contributed by atoms with E-state index < -0.39 is 0 Å². The van der Waals surface area contributed by atoms with Crippen molar-refractivity contribution >= 4 is 22.7 Å². The van der Waals surface area contributed by atoms with E-state index in [9.17, 15) is 14.4 Å². The highest BCUT2D eigenvalue weighted by Gasteiger charge is 2.32. The molecule has 2 aliphatic rings. The van der Waals surface area contributed by atoms with Crippen LogP contribution in [0.5, 0.6) is 0 Å². The number of nitrogens with zero attached hydrogens (tertiary/aromatic N) is 1. The van der Waals surface area contributed by atoms with E-state index in [2.05, 4.69) is 10.3 Å². The maximum absolute atomic E-state index is 12.9. The Morgan fingerprint density at radius 1 is 1.18 bits per heavy atom. The minimum Gasteiger partial charge on any atom is -0.347 e. The lowest BCUT2D eigenvalue weighted by Gasteiger charge is -2.27. The molecule has 1 aromatic carbocycles. The lowest BCUT2D eigenvalue weighted by atomic mass is 9.89.